The molecule has 0 saturated carbocycles. The Hall–Kier alpha value is -1.32. The Balaban J connectivity index is 2.14. The van der Waals surface area contributed by atoms with Gasteiger partial charge in [-0.15, -0.1) is 0 Å². The molecule has 0 radical (unpaired) electrons. The van der Waals surface area contributed by atoms with Gasteiger partial charge in [0, 0.05) is 12.8 Å². The first kappa shape index (κ1) is 12.1. The van der Waals surface area contributed by atoms with Gasteiger partial charge in [0.05, 0.1) is 19.2 Å². The van der Waals surface area contributed by atoms with Crippen molar-refractivity contribution in [2.24, 2.45) is 0 Å². The lowest BCUT2D eigenvalue weighted by molar-refractivity contribution is -0.122. The van der Waals surface area contributed by atoms with Gasteiger partial charge >= 0.3 is 6.09 Å². The number of piperidine rings is 1. The van der Waals surface area contributed by atoms with Gasteiger partial charge in [-0.1, -0.05) is 19.4 Å². The third-order valence-electron chi connectivity index (χ3n) is 3.59. The van der Waals surface area contributed by atoms with Crippen LogP contribution < -0.4 is 0 Å². The summed E-state index contributed by atoms with van der Waals surface area (Å²) >= 11 is 0. The predicted molar refractivity (Wildman–Crippen MR) is 63.7 cm³/mol. The van der Waals surface area contributed by atoms with E-state index in [1.54, 1.807) is 4.90 Å². The molecule has 0 aromatic heterocycles. The van der Waals surface area contributed by atoms with Crippen LogP contribution in [-0.4, -0.2) is 36.0 Å². The Morgan fingerprint density at radius 3 is 2.94 bits per heavy atom. The number of amides is 1. The summed E-state index contributed by atoms with van der Waals surface area (Å²) in [6, 6.07) is -0.110. The Morgan fingerprint density at radius 1 is 1.53 bits per heavy atom. The second kappa shape index (κ2) is 4.90. The second-order valence-electron chi connectivity index (χ2n) is 4.75. The second-order valence-corrected chi connectivity index (χ2v) is 4.75. The number of rotatable bonds is 3. The van der Waals surface area contributed by atoms with Crippen LogP contribution in [0.5, 0.6) is 0 Å². The number of carbonyl (C=O) groups excluding carboxylic acids is 2. The van der Waals surface area contributed by atoms with E-state index in [0.717, 1.165) is 19.3 Å². The van der Waals surface area contributed by atoms with Crippen molar-refractivity contribution >= 4 is 11.9 Å². The average molecular weight is 237 g/mol. The summed E-state index contributed by atoms with van der Waals surface area (Å²) in [5.41, 5.74) is 1.24. The smallest absolute Gasteiger partial charge is 0.410 e. The van der Waals surface area contributed by atoms with Crippen LogP contribution in [0.15, 0.2) is 11.6 Å². The zero-order valence-electron chi connectivity index (χ0n) is 10.4. The van der Waals surface area contributed by atoms with Crippen molar-refractivity contribution in [2.45, 2.75) is 51.1 Å². The first-order chi connectivity index (χ1) is 8.17. The molecule has 0 spiro atoms. The quantitative estimate of drug-likeness (QED) is 0.707. The van der Waals surface area contributed by atoms with E-state index in [2.05, 4.69) is 13.0 Å². The van der Waals surface area contributed by atoms with Gasteiger partial charge in [-0.25, -0.2) is 4.79 Å². The largest absolute Gasteiger partial charge is 0.453 e. The molecule has 2 rings (SSSR count). The highest BCUT2D eigenvalue weighted by Crippen LogP contribution is 2.36. The average Bonchev–Trinajstić information content (AvgIpc) is 2.54. The van der Waals surface area contributed by atoms with Crippen LogP contribution in [0.4, 0.5) is 4.79 Å². The first-order valence-electron chi connectivity index (χ1n) is 6.26. The van der Waals surface area contributed by atoms with Crippen molar-refractivity contribution < 1.29 is 14.3 Å². The van der Waals surface area contributed by atoms with Crippen molar-refractivity contribution in [3.63, 3.8) is 0 Å². The summed E-state index contributed by atoms with van der Waals surface area (Å²) in [5, 5.41) is 0. The molecule has 94 valence electrons. The molecule has 2 aliphatic rings. The number of unbranched alkanes of at least 4 members (excludes halogenated alkanes) is 1. The maximum absolute atomic E-state index is 11.7. The number of hydrogen-bond acceptors (Lipinski definition) is 3. The number of ketones is 1. The van der Waals surface area contributed by atoms with E-state index in [1.165, 1.54) is 12.7 Å². The van der Waals surface area contributed by atoms with E-state index >= 15 is 0 Å². The molecule has 2 atom stereocenters. The van der Waals surface area contributed by atoms with Gasteiger partial charge in [0.1, 0.15) is 5.78 Å². The maximum atomic E-state index is 11.7. The number of fused-ring (bicyclic) bond motifs is 2. The Labute approximate surface area is 102 Å². The van der Waals surface area contributed by atoms with Crippen LogP contribution in [-0.2, 0) is 9.53 Å². The fourth-order valence-electron chi connectivity index (χ4n) is 2.77. The van der Waals surface area contributed by atoms with E-state index in [-0.39, 0.29) is 24.0 Å². The molecule has 1 saturated heterocycles. The summed E-state index contributed by atoms with van der Waals surface area (Å²) in [7, 11) is 1.39. The van der Waals surface area contributed by atoms with Gasteiger partial charge in [-0.05, 0) is 18.4 Å². The van der Waals surface area contributed by atoms with Crippen LogP contribution in [0.2, 0.25) is 0 Å². The lowest BCUT2D eigenvalue weighted by atomic mass is 9.96. The number of Topliss-reactive ketones (excluding diaryl/α,β-unsaturated/α-hetero) is 1. The van der Waals surface area contributed by atoms with Crippen molar-refractivity contribution in [2.75, 3.05) is 7.11 Å². The lowest BCUT2D eigenvalue weighted by Crippen LogP contribution is -2.48. The predicted octanol–water partition coefficient (Wildman–Crippen LogP) is 2.29. The van der Waals surface area contributed by atoms with Crippen LogP contribution in [0, 0.1) is 0 Å². The number of carbonyl (C=O) groups is 2. The minimum atomic E-state index is -0.310. The van der Waals surface area contributed by atoms with Gasteiger partial charge < -0.3 is 4.74 Å². The molecule has 1 amide bonds. The van der Waals surface area contributed by atoms with Crippen LogP contribution in [0.1, 0.15) is 39.0 Å². The summed E-state index contributed by atoms with van der Waals surface area (Å²) in [5.74, 6) is 0.253. The Kier molecular flexibility index (Phi) is 3.50. The number of methoxy groups -OCH3 is 1. The van der Waals surface area contributed by atoms with Crippen molar-refractivity contribution in [1.82, 2.24) is 4.90 Å². The molecular weight excluding hydrogens is 218 g/mol. The zero-order chi connectivity index (χ0) is 12.4. The van der Waals surface area contributed by atoms with Gasteiger partial charge in [0.15, 0.2) is 0 Å². The molecule has 2 heterocycles. The van der Waals surface area contributed by atoms with Crippen LogP contribution in [0.25, 0.3) is 0 Å². The Bertz CT molecular complexity index is 362. The molecule has 0 unspecified atom stereocenters. The molecule has 17 heavy (non-hydrogen) atoms. The van der Waals surface area contributed by atoms with Gasteiger partial charge in [0.25, 0.3) is 0 Å². The highest BCUT2D eigenvalue weighted by atomic mass is 16.5. The molecule has 4 heteroatoms. The molecule has 2 aliphatic heterocycles. The minimum absolute atomic E-state index is 0.0414. The third kappa shape index (κ3) is 2.21. The van der Waals surface area contributed by atoms with E-state index in [0.29, 0.717) is 12.8 Å². The van der Waals surface area contributed by atoms with E-state index in [9.17, 15) is 9.59 Å². The standard InChI is InChI=1S/C13H19NO3/c1-3-4-5-9-6-10-7-11(15)8-12(9)14(10)13(16)17-2/h6,10,12H,3-5,7-8H2,1-2H3/t10-,12-/m1/s1. The number of hydrogen-bond donors (Lipinski definition) is 0. The van der Waals surface area contributed by atoms with Gasteiger partial charge in [0.2, 0.25) is 0 Å². The monoisotopic (exact) mass is 237 g/mol. The molecule has 1 fully saturated rings. The summed E-state index contributed by atoms with van der Waals surface area (Å²) in [4.78, 5) is 25.0. The molecule has 0 aromatic rings. The zero-order valence-corrected chi connectivity index (χ0v) is 10.4. The highest BCUT2D eigenvalue weighted by molar-refractivity contribution is 5.85. The summed E-state index contributed by atoms with van der Waals surface area (Å²) in [6.07, 6.45) is 5.91. The van der Waals surface area contributed by atoms with Crippen molar-refractivity contribution in [1.29, 1.82) is 0 Å². The van der Waals surface area contributed by atoms with Crippen LogP contribution in [0.3, 0.4) is 0 Å². The lowest BCUT2D eigenvalue weighted by Gasteiger charge is -2.34. The van der Waals surface area contributed by atoms with E-state index in [4.69, 9.17) is 4.74 Å². The minimum Gasteiger partial charge on any atom is -0.453 e. The third-order valence-corrected chi connectivity index (χ3v) is 3.59. The van der Waals surface area contributed by atoms with Gasteiger partial charge in [-0.2, -0.15) is 0 Å². The van der Waals surface area contributed by atoms with Crippen molar-refractivity contribution in [3.05, 3.63) is 11.6 Å². The van der Waals surface area contributed by atoms with Crippen molar-refractivity contribution in [3.8, 4) is 0 Å². The SMILES string of the molecule is CCCCC1=C[C@@H]2CC(=O)C[C@H]1N2C(=O)OC. The highest BCUT2D eigenvalue weighted by Gasteiger charge is 2.43. The Morgan fingerprint density at radius 2 is 2.29 bits per heavy atom. The van der Waals surface area contributed by atoms with E-state index in [1.807, 2.05) is 0 Å². The van der Waals surface area contributed by atoms with E-state index < -0.39 is 0 Å². The fraction of sp³-hybridized carbons (Fsp3) is 0.692. The normalized spacial score (nSPS) is 27.1. The van der Waals surface area contributed by atoms with Crippen LogP contribution >= 0.6 is 0 Å². The molecule has 2 bridgehead atoms. The molecule has 0 aliphatic carbocycles. The number of nitrogens with zero attached hydrogens (tertiary/aromatic N) is 1. The summed E-state index contributed by atoms with van der Waals surface area (Å²) < 4.78 is 4.80. The fourth-order valence-corrected chi connectivity index (χ4v) is 2.77. The van der Waals surface area contributed by atoms with Gasteiger partial charge in [-0.3, -0.25) is 9.69 Å². The first-order valence-corrected chi connectivity index (χ1v) is 6.26. The molecular formula is C13H19NO3. The summed E-state index contributed by atoms with van der Waals surface area (Å²) in [6.45, 7) is 2.14. The number of ether oxygens (including phenoxy) is 1. The molecule has 0 aromatic carbocycles. The maximum Gasteiger partial charge on any atom is 0.410 e. The molecule has 0 N–H and O–H groups in total. The molecule has 4 nitrogen and oxygen atoms in total. The topological polar surface area (TPSA) is 46.6 Å².